The first-order chi connectivity index (χ1) is 10.1. The molecule has 0 saturated heterocycles. The van der Waals surface area contributed by atoms with Gasteiger partial charge in [0.25, 0.3) is 0 Å². The van der Waals surface area contributed by atoms with Crippen LogP contribution in [0.15, 0.2) is 24.3 Å². The fourth-order valence-corrected chi connectivity index (χ4v) is 4.27. The van der Waals surface area contributed by atoms with Gasteiger partial charge in [-0.2, -0.15) is 0 Å². The van der Waals surface area contributed by atoms with Gasteiger partial charge >= 0.3 is 0 Å². The Labute approximate surface area is 127 Å². The largest absolute Gasteiger partial charge is 0.443 e. The van der Waals surface area contributed by atoms with E-state index in [1.54, 1.807) is 0 Å². The van der Waals surface area contributed by atoms with Crippen LogP contribution in [0.4, 0.5) is 0 Å². The Kier molecular flexibility index (Phi) is 8.67. The topological polar surface area (TPSA) is 66.8 Å². The fourth-order valence-electron chi connectivity index (χ4n) is 2.12. The summed E-state index contributed by atoms with van der Waals surface area (Å²) in [6, 6.07) is 7.73. The Balaban J connectivity index is 2.66. The predicted octanol–water partition coefficient (Wildman–Crippen LogP) is 3.45. The number of rotatable bonds is 11. The van der Waals surface area contributed by atoms with Crippen LogP contribution < -0.4 is 4.52 Å². The van der Waals surface area contributed by atoms with Crippen LogP contribution >= 0.6 is 7.37 Å². The van der Waals surface area contributed by atoms with Gasteiger partial charge in [-0.15, -0.1) is 0 Å². The van der Waals surface area contributed by atoms with Gasteiger partial charge in [-0.05, 0) is 43.4 Å². The lowest BCUT2D eigenvalue weighted by molar-refractivity contribution is 0.290. The Bertz CT molecular complexity index is 418. The van der Waals surface area contributed by atoms with Gasteiger partial charge < -0.3 is 14.7 Å². The van der Waals surface area contributed by atoms with Crippen molar-refractivity contribution in [3.8, 4) is 5.75 Å². The number of hydrogen-bond donors (Lipinski definition) is 2. The molecular weight excluding hydrogens is 287 g/mol. The highest BCUT2D eigenvalue weighted by Crippen LogP contribution is 2.48. The number of hydrogen-bond acceptors (Lipinski definition) is 4. The van der Waals surface area contributed by atoms with E-state index in [-0.39, 0.29) is 13.2 Å². The standard InChI is InChI=1S/C16H27O4P/c1-2-3-6-15-7-9-16(10-8-15)20-21(19,13-4-11-17)14-5-12-18/h7-10,17-18H,2-6,11-14H2,1H3. The summed E-state index contributed by atoms with van der Waals surface area (Å²) in [7, 11) is -2.83. The number of aryl methyl sites for hydroxylation is 1. The van der Waals surface area contributed by atoms with Crippen molar-refractivity contribution in [3.05, 3.63) is 29.8 Å². The quantitative estimate of drug-likeness (QED) is 0.614. The van der Waals surface area contributed by atoms with E-state index in [2.05, 4.69) is 6.92 Å². The number of aliphatic hydroxyl groups is 2. The summed E-state index contributed by atoms with van der Waals surface area (Å²) in [5, 5.41) is 17.8. The molecule has 4 nitrogen and oxygen atoms in total. The average Bonchev–Trinajstić information content (AvgIpc) is 2.50. The molecule has 0 saturated carbocycles. The molecule has 5 heteroatoms. The van der Waals surface area contributed by atoms with E-state index < -0.39 is 7.37 Å². The first kappa shape index (κ1) is 18.2. The van der Waals surface area contributed by atoms with Gasteiger partial charge in [0.05, 0.1) is 0 Å². The molecule has 0 fully saturated rings. The van der Waals surface area contributed by atoms with Crippen LogP contribution in [0.25, 0.3) is 0 Å². The van der Waals surface area contributed by atoms with Gasteiger partial charge in [-0.1, -0.05) is 25.5 Å². The molecule has 0 amide bonds. The summed E-state index contributed by atoms with van der Waals surface area (Å²) in [5.41, 5.74) is 1.25. The molecule has 0 bridgehead atoms. The maximum absolute atomic E-state index is 12.7. The van der Waals surface area contributed by atoms with Gasteiger partial charge in [0.1, 0.15) is 5.75 Å². The zero-order valence-corrected chi connectivity index (χ0v) is 13.7. The van der Waals surface area contributed by atoms with Crippen LogP contribution in [-0.4, -0.2) is 35.8 Å². The molecule has 0 heterocycles. The monoisotopic (exact) mass is 314 g/mol. The van der Waals surface area contributed by atoms with Crippen molar-refractivity contribution in [1.29, 1.82) is 0 Å². The first-order valence-electron chi connectivity index (χ1n) is 7.72. The van der Waals surface area contributed by atoms with Gasteiger partial charge in [0.15, 0.2) is 0 Å². The molecule has 2 N–H and O–H groups in total. The summed E-state index contributed by atoms with van der Waals surface area (Å²) in [5.74, 6) is 0.606. The molecule has 0 aliphatic heterocycles. The van der Waals surface area contributed by atoms with Crippen molar-refractivity contribution in [1.82, 2.24) is 0 Å². The highest BCUT2D eigenvalue weighted by molar-refractivity contribution is 7.59. The SMILES string of the molecule is CCCCc1ccc(OP(=O)(CCCO)CCCO)cc1. The third-order valence-electron chi connectivity index (χ3n) is 3.33. The van der Waals surface area contributed by atoms with E-state index in [4.69, 9.17) is 14.7 Å². The van der Waals surface area contributed by atoms with Crippen LogP contribution in [0.3, 0.4) is 0 Å². The first-order valence-corrected chi connectivity index (χ1v) is 9.71. The zero-order chi connectivity index (χ0) is 15.6. The van der Waals surface area contributed by atoms with E-state index in [1.807, 2.05) is 24.3 Å². The zero-order valence-electron chi connectivity index (χ0n) is 12.8. The summed E-state index contributed by atoms with van der Waals surface area (Å²) in [6.07, 6.45) is 4.97. The van der Waals surface area contributed by atoms with Gasteiger partial charge in [-0.3, -0.25) is 4.57 Å². The van der Waals surface area contributed by atoms with Crippen molar-refractivity contribution in [3.63, 3.8) is 0 Å². The van der Waals surface area contributed by atoms with Crippen molar-refractivity contribution >= 4 is 7.37 Å². The number of unbranched alkanes of at least 4 members (excludes halogenated alkanes) is 1. The molecule has 0 aliphatic carbocycles. The van der Waals surface area contributed by atoms with E-state index in [9.17, 15) is 4.57 Å². The summed E-state index contributed by atoms with van der Waals surface area (Å²) < 4.78 is 18.4. The van der Waals surface area contributed by atoms with Crippen LogP contribution in [0.2, 0.25) is 0 Å². The molecular formula is C16H27O4P. The second-order valence-corrected chi connectivity index (χ2v) is 7.96. The molecule has 21 heavy (non-hydrogen) atoms. The Morgan fingerprint density at radius 2 is 1.57 bits per heavy atom. The maximum atomic E-state index is 12.7. The smallest absolute Gasteiger partial charge is 0.248 e. The minimum Gasteiger partial charge on any atom is -0.443 e. The normalized spacial score (nSPS) is 11.6. The highest BCUT2D eigenvalue weighted by Gasteiger charge is 2.23. The van der Waals surface area contributed by atoms with Crippen molar-refractivity contribution in [2.75, 3.05) is 25.5 Å². The summed E-state index contributed by atoms with van der Waals surface area (Å²) in [4.78, 5) is 0. The lowest BCUT2D eigenvalue weighted by Gasteiger charge is -2.19. The molecule has 0 spiro atoms. The van der Waals surface area contributed by atoms with Crippen molar-refractivity contribution in [2.24, 2.45) is 0 Å². The fraction of sp³-hybridized carbons (Fsp3) is 0.625. The van der Waals surface area contributed by atoms with Gasteiger partial charge in [-0.25, -0.2) is 0 Å². The lowest BCUT2D eigenvalue weighted by atomic mass is 10.1. The molecule has 0 unspecified atom stereocenters. The van der Waals surface area contributed by atoms with E-state index in [1.165, 1.54) is 5.56 Å². The molecule has 1 rings (SSSR count). The molecule has 1 aromatic rings. The molecule has 1 aromatic carbocycles. The molecule has 0 aromatic heterocycles. The van der Waals surface area contributed by atoms with Crippen LogP contribution in [0.5, 0.6) is 5.75 Å². The van der Waals surface area contributed by atoms with E-state index in [0.717, 1.165) is 19.3 Å². The Hall–Kier alpha value is -0.830. The summed E-state index contributed by atoms with van der Waals surface area (Å²) >= 11 is 0. The summed E-state index contributed by atoms with van der Waals surface area (Å²) in [6.45, 7) is 2.17. The van der Waals surface area contributed by atoms with Crippen molar-refractivity contribution in [2.45, 2.75) is 39.0 Å². The Morgan fingerprint density at radius 1 is 1.00 bits per heavy atom. The molecule has 120 valence electrons. The highest BCUT2D eigenvalue weighted by atomic mass is 31.2. The maximum Gasteiger partial charge on any atom is 0.248 e. The van der Waals surface area contributed by atoms with Gasteiger partial charge in [0.2, 0.25) is 7.37 Å². The third-order valence-corrected chi connectivity index (χ3v) is 5.87. The Morgan fingerprint density at radius 3 is 2.05 bits per heavy atom. The van der Waals surface area contributed by atoms with Crippen LogP contribution in [0.1, 0.15) is 38.2 Å². The number of aliphatic hydroxyl groups excluding tert-OH is 2. The minimum atomic E-state index is -2.83. The van der Waals surface area contributed by atoms with Crippen LogP contribution in [-0.2, 0) is 11.0 Å². The second kappa shape index (κ2) is 9.99. The second-order valence-electron chi connectivity index (χ2n) is 5.25. The molecule has 0 radical (unpaired) electrons. The average molecular weight is 314 g/mol. The predicted molar refractivity (Wildman–Crippen MR) is 86.4 cm³/mol. The number of benzene rings is 1. The third kappa shape index (κ3) is 7.12. The molecule has 0 atom stereocenters. The van der Waals surface area contributed by atoms with Crippen LogP contribution in [0, 0.1) is 0 Å². The molecule has 0 aliphatic rings. The lowest BCUT2D eigenvalue weighted by Crippen LogP contribution is -2.05. The van der Waals surface area contributed by atoms with Gasteiger partial charge in [0, 0.05) is 25.5 Å². The van der Waals surface area contributed by atoms with E-state index >= 15 is 0 Å². The van der Waals surface area contributed by atoms with E-state index in [0.29, 0.717) is 30.9 Å². The minimum absolute atomic E-state index is 0.00241. The van der Waals surface area contributed by atoms with Crippen molar-refractivity contribution < 1.29 is 19.3 Å².